The lowest BCUT2D eigenvalue weighted by Gasteiger charge is -2.35. The lowest BCUT2D eigenvalue weighted by molar-refractivity contribution is -0.146. The number of ether oxygens (including phenoxy) is 1. The van der Waals surface area contributed by atoms with Gasteiger partial charge in [0.15, 0.2) is 5.65 Å². The van der Waals surface area contributed by atoms with Crippen LogP contribution in [-0.4, -0.2) is 44.7 Å². The number of carbonyl (C=O) groups is 2. The van der Waals surface area contributed by atoms with Crippen LogP contribution in [0.25, 0.3) is 22.3 Å². The molecule has 1 atom stereocenters. The monoisotopic (exact) mass is 488 g/mol. The van der Waals surface area contributed by atoms with Crippen molar-refractivity contribution in [3.8, 4) is 11.3 Å². The fourth-order valence-electron chi connectivity index (χ4n) is 4.83. The Bertz CT molecular complexity index is 1450. The normalized spacial score (nSPS) is 15.5. The molecule has 1 aliphatic rings. The third-order valence-corrected chi connectivity index (χ3v) is 7.55. The van der Waals surface area contributed by atoms with E-state index in [1.54, 1.807) is 22.4 Å². The molecule has 4 heterocycles. The number of hydrogen-bond donors (Lipinski definition) is 0. The molecule has 8 heteroatoms. The number of aryl methyl sites for hydroxylation is 2. The number of thiophene rings is 1. The summed E-state index contributed by atoms with van der Waals surface area (Å²) in [7, 11) is 1.36. The van der Waals surface area contributed by atoms with E-state index in [-0.39, 0.29) is 11.9 Å². The molecule has 0 saturated carbocycles. The van der Waals surface area contributed by atoms with Crippen LogP contribution in [0.3, 0.4) is 0 Å². The predicted octanol–water partition coefficient (Wildman–Crippen LogP) is 5.10. The van der Waals surface area contributed by atoms with Crippen LogP contribution in [0, 0.1) is 13.8 Å². The van der Waals surface area contributed by atoms with Gasteiger partial charge in [-0.25, -0.2) is 14.5 Å². The molecule has 1 aromatic carbocycles. The summed E-state index contributed by atoms with van der Waals surface area (Å²) >= 11 is 1.70. The van der Waals surface area contributed by atoms with Crippen LogP contribution in [0.2, 0.25) is 0 Å². The van der Waals surface area contributed by atoms with Crippen LogP contribution in [0.4, 0.5) is 0 Å². The Kier molecular flexibility index (Phi) is 5.92. The predicted molar refractivity (Wildman–Crippen MR) is 137 cm³/mol. The molecule has 0 saturated heterocycles. The summed E-state index contributed by atoms with van der Waals surface area (Å²) in [6.45, 7) is 8.54. The van der Waals surface area contributed by atoms with E-state index in [1.807, 2.05) is 48.9 Å². The Morgan fingerprint density at radius 1 is 1.14 bits per heavy atom. The first-order valence-corrected chi connectivity index (χ1v) is 12.5. The first-order chi connectivity index (χ1) is 16.8. The molecule has 0 fully saturated rings. The molecule has 5 rings (SSSR count). The zero-order chi connectivity index (χ0) is 24.9. The van der Waals surface area contributed by atoms with E-state index in [0.717, 1.165) is 27.3 Å². The molecule has 7 nitrogen and oxygen atoms in total. The van der Waals surface area contributed by atoms with Gasteiger partial charge in [0.25, 0.3) is 5.91 Å². The minimum Gasteiger partial charge on any atom is -0.467 e. The number of esters is 1. The second kappa shape index (κ2) is 8.92. The Morgan fingerprint density at radius 2 is 1.89 bits per heavy atom. The summed E-state index contributed by atoms with van der Waals surface area (Å²) in [5.41, 5.74) is 4.99. The molecule has 0 aliphatic carbocycles. The van der Waals surface area contributed by atoms with E-state index in [2.05, 4.69) is 25.0 Å². The van der Waals surface area contributed by atoms with Gasteiger partial charge in [-0.15, -0.1) is 11.3 Å². The lowest BCUT2D eigenvalue weighted by atomic mass is 9.93. The van der Waals surface area contributed by atoms with E-state index in [9.17, 15) is 9.59 Å². The summed E-state index contributed by atoms with van der Waals surface area (Å²) in [5, 5.41) is 5.23. The summed E-state index contributed by atoms with van der Waals surface area (Å²) < 4.78 is 6.94. The van der Waals surface area contributed by atoms with E-state index in [4.69, 9.17) is 9.72 Å². The Morgan fingerprint density at radius 3 is 2.54 bits per heavy atom. The van der Waals surface area contributed by atoms with Crippen molar-refractivity contribution < 1.29 is 14.3 Å². The summed E-state index contributed by atoms with van der Waals surface area (Å²) in [4.78, 5) is 35.8. The highest BCUT2D eigenvalue weighted by Gasteiger charge is 2.37. The van der Waals surface area contributed by atoms with E-state index in [1.165, 1.54) is 12.0 Å². The van der Waals surface area contributed by atoms with Crippen molar-refractivity contribution in [2.45, 2.75) is 52.7 Å². The number of amides is 1. The number of hydrogen-bond acceptors (Lipinski definition) is 6. The lowest BCUT2D eigenvalue weighted by Crippen LogP contribution is -2.49. The zero-order valence-electron chi connectivity index (χ0n) is 20.5. The van der Waals surface area contributed by atoms with Gasteiger partial charge in [0.05, 0.1) is 30.0 Å². The van der Waals surface area contributed by atoms with Crippen LogP contribution >= 0.6 is 11.3 Å². The molecule has 0 bridgehead atoms. The van der Waals surface area contributed by atoms with Crippen LogP contribution in [-0.2, 0) is 22.5 Å². The molecule has 35 heavy (non-hydrogen) atoms. The number of rotatable bonds is 4. The number of aromatic nitrogens is 3. The van der Waals surface area contributed by atoms with E-state index >= 15 is 0 Å². The average Bonchev–Trinajstić information content (AvgIpc) is 3.43. The van der Waals surface area contributed by atoms with Crippen molar-refractivity contribution in [2.24, 2.45) is 0 Å². The largest absolute Gasteiger partial charge is 0.467 e. The van der Waals surface area contributed by atoms with Crippen molar-refractivity contribution in [3.05, 3.63) is 69.0 Å². The molecular formula is C27H28N4O3S. The van der Waals surface area contributed by atoms with Gasteiger partial charge in [-0.3, -0.25) is 4.79 Å². The van der Waals surface area contributed by atoms with Gasteiger partial charge >= 0.3 is 5.97 Å². The van der Waals surface area contributed by atoms with E-state index in [0.29, 0.717) is 29.6 Å². The summed E-state index contributed by atoms with van der Waals surface area (Å²) in [5.74, 6) is -0.642. The minimum atomic E-state index is -0.695. The molecule has 0 radical (unpaired) electrons. The maximum Gasteiger partial charge on any atom is 0.328 e. The standard InChI is InChI=1S/C27H28N4O3S/c1-15(2)31-25-22(13-28-31)21(12-23(29-25)20-10-16(3)35-17(20)4)26(32)30-14-19-9-7-6-8-18(19)11-24(30)27(33)34-5/h6-10,12-13,15,24H,11,14H2,1-5H3. The van der Waals surface area contributed by atoms with Gasteiger partial charge in [-0.2, -0.15) is 5.10 Å². The first-order valence-electron chi connectivity index (χ1n) is 11.7. The molecule has 0 N–H and O–H groups in total. The highest BCUT2D eigenvalue weighted by atomic mass is 32.1. The van der Waals surface area contributed by atoms with Crippen molar-refractivity contribution >= 4 is 34.2 Å². The summed E-state index contributed by atoms with van der Waals surface area (Å²) in [6.07, 6.45) is 2.12. The Hall–Kier alpha value is -3.52. The maximum atomic E-state index is 14.2. The average molecular weight is 489 g/mol. The van der Waals surface area contributed by atoms with Gasteiger partial charge in [0, 0.05) is 34.3 Å². The number of benzene rings is 1. The van der Waals surface area contributed by atoms with Crippen molar-refractivity contribution in [2.75, 3.05) is 7.11 Å². The third kappa shape index (κ3) is 4.01. The van der Waals surface area contributed by atoms with Crippen molar-refractivity contribution in [1.29, 1.82) is 0 Å². The first kappa shape index (κ1) is 23.2. The highest BCUT2D eigenvalue weighted by molar-refractivity contribution is 7.12. The molecule has 1 aliphatic heterocycles. The minimum absolute atomic E-state index is 0.0770. The van der Waals surface area contributed by atoms with Crippen LogP contribution < -0.4 is 0 Å². The topological polar surface area (TPSA) is 77.3 Å². The van der Waals surface area contributed by atoms with Gasteiger partial charge in [0.1, 0.15) is 6.04 Å². The van der Waals surface area contributed by atoms with Gasteiger partial charge < -0.3 is 9.64 Å². The molecular weight excluding hydrogens is 460 g/mol. The van der Waals surface area contributed by atoms with E-state index < -0.39 is 12.0 Å². The second-order valence-corrected chi connectivity index (χ2v) is 10.7. The molecule has 0 spiro atoms. The third-order valence-electron chi connectivity index (χ3n) is 6.59. The number of methoxy groups -OCH3 is 1. The SMILES string of the molecule is COC(=O)C1Cc2ccccc2CN1C(=O)c1cc(-c2cc(C)sc2C)nc2c1cnn2C(C)C. The number of carbonyl (C=O) groups excluding carboxylic acids is 2. The second-order valence-electron chi connectivity index (χ2n) is 9.25. The fourth-order valence-corrected chi connectivity index (χ4v) is 5.77. The van der Waals surface area contributed by atoms with Crippen LogP contribution in [0.1, 0.15) is 51.1 Å². The molecule has 3 aromatic heterocycles. The molecule has 1 unspecified atom stereocenters. The number of nitrogens with zero attached hydrogens (tertiary/aromatic N) is 4. The number of pyridine rings is 1. The molecule has 1 amide bonds. The van der Waals surface area contributed by atoms with Crippen molar-refractivity contribution in [3.63, 3.8) is 0 Å². The van der Waals surface area contributed by atoms with Gasteiger partial charge in [-0.1, -0.05) is 24.3 Å². The Balaban J connectivity index is 1.68. The van der Waals surface area contributed by atoms with Gasteiger partial charge in [0.2, 0.25) is 0 Å². The van der Waals surface area contributed by atoms with Crippen LogP contribution in [0.5, 0.6) is 0 Å². The highest BCUT2D eigenvalue weighted by Crippen LogP contribution is 2.34. The maximum absolute atomic E-state index is 14.2. The van der Waals surface area contributed by atoms with Crippen molar-refractivity contribution in [1.82, 2.24) is 19.7 Å². The smallest absolute Gasteiger partial charge is 0.328 e. The molecule has 4 aromatic rings. The zero-order valence-corrected chi connectivity index (χ0v) is 21.3. The number of fused-ring (bicyclic) bond motifs is 2. The van der Waals surface area contributed by atoms with Gasteiger partial charge in [-0.05, 0) is 51.0 Å². The van der Waals surface area contributed by atoms with Crippen LogP contribution in [0.15, 0.2) is 42.6 Å². The Labute approximate surface area is 208 Å². The fraction of sp³-hybridized carbons (Fsp3) is 0.333. The molecule has 180 valence electrons. The summed E-state index contributed by atoms with van der Waals surface area (Å²) in [6, 6.07) is 11.3. The quantitative estimate of drug-likeness (QED) is 0.374.